The number of nitrogens with zero attached hydrogens (tertiary/aromatic N) is 3. The molecular weight excluding hydrogens is 223 g/mol. The van der Waals surface area contributed by atoms with Crippen LogP contribution in [0.25, 0.3) is 0 Å². The topological polar surface area (TPSA) is 72.1 Å². The molecule has 1 aromatic heterocycles. The first-order valence-corrected chi connectivity index (χ1v) is 5.69. The standard InChI is InChI=1S/C11H15FN4O/c12-9-5-11(15-7-14-9)16(6-10(13)17)8-3-1-2-4-8/h5,7-8H,1-4,6H2,(H2,13,17). The van der Waals surface area contributed by atoms with Gasteiger partial charge in [-0.15, -0.1) is 0 Å². The largest absolute Gasteiger partial charge is 0.368 e. The number of halogens is 1. The molecule has 17 heavy (non-hydrogen) atoms. The van der Waals surface area contributed by atoms with Crippen molar-refractivity contribution >= 4 is 11.7 Å². The molecule has 1 saturated carbocycles. The molecule has 0 spiro atoms. The average molecular weight is 238 g/mol. The van der Waals surface area contributed by atoms with E-state index >= 15 is 0 Å². The van der Waals surface area contributed by atoms with Crippen LogP contribution >= 0.6 is 0 Å². The van der Waals surface area contributed by atoms with E-state index in [2.05, 4.69) is 9.97 Å². The van der Waals surface area contributed by atoms with E-state index in [1.165, 1.54) is 6.07 Å². The summed E-state index contributed by atoms with van der Waals surface area (Å²) in [6.07, 6.45) is 5.37. The molecule has 1 aromatic rings. The lowest BCUT2D eigenvalue weighted by Gasteiger charge is -2.28. The van der Waals surface area contributed by atoms with Crippen molar-refractivity contribution < 1.29 is 9.18 Å². The number of rotatable bonds is 4. The van der Waals surface area contributed by atoms with Gasteiger partial charge in [0.25, 0.3) is 0 Å². The monoisotopic (exact) mass is 238 g/mol. The van der Waals surface area contributed by atoms with Crippen molar-refractivity contribution in [2.75, 3.05) is 11.4 Å². The Balaban J connectivity index is 2.22. The van der Waals surface area contributed by atoms with E-state index in [-0.39, 0.29) is 12.6 Å². The molecule has 0 atom stereocenters. The highest BCUT2D eigenvalue weighted by atomic mass is 19.1. The molecule has 92 valence electrons. The predicted octanol–water partition coefficient (Wildman–Crippen LogP) is 0.850. The second-order valence-electron chi connectivity index (χ2n) is 4.23. The first-order chi connectivity index (χ1) is 8.16. The molecule has 1 aliphatic rings. The summed E-state index contributed by atoms with van der Waals surface area (Å²) in [5, 5.41) is 0. The van der Waals surface area contributed by atoms with Gasteiger partial charge in [0, 0.05) is 12.1 Å². The number of hydrogen-bond acceptors (Lipinski definition) is 4. The van der Waals surface area contributed by atoms with Crippen LogP contribution < -0.4 is 10.6 Å². The third-order valence-electron chi connectivity index (χ3n) is 3.01. The van der Waals surface area contributed by atoms with Crippen LogP contribution in [-0.4, -0.2) is 28.5 Å². The Morgan fingerprint density at radius 3 is 2.76 bits per heavy atom. The molecule has 0 aromatic carbocycles. The van der Waals surface area contributed by atoms with Crippen molar-refractivity contribution in [2.45, 2.75) is 31.7 Å². The highest BCUT2D eigenvalue weighted by Crippen LogP contribution is 2.26. The van der Waals surface area contributed by atoms with Gasteiger partial charge in [0.2, 0.25) is 11.9 Å². The lowest BCUT2D eigenvalue weighted by atomic mass is 10.2. The summed E-state index contributed by atoms with van der Waals surface area (Å²) in [6, 6.07) is 1.46. The van der Waals surface area contributed by atoms with E-state index in [1.54, 1.807) is 4.90 Å². The molecule has 1 heterocycles. The van der Waals surface area contributed by atoms with Gasteiger partial charge in [-0.2, -0.15) is 4.39 Å². The van der Waals surface area contributed by atoms with Crippen molar-refractivity contribution in [3.05, 3.63) is 18.3 Å². The maximum Gasteiger partial charge on any atom is 0.237 e. The summed E-state index contributed by atoms with van der Waals surface area (Å²) in [6.45, 7) is 0.0706. The Hall–Kier alpha value is -1.72. The lowest BCUT2D eigenvalue weighted by Crippen LogP contribution is -2.40. The molecule has 1 fully saturated rings. The smallest absolute Gasteiger partial charge is 0.237 e. The zero-order valence-corrected chi connectivity index (χ0v) is 9.47. The Kier molecular flexibility index (Phi) is 3.51. The maximum absolute atomic E-state index is 13.1. The zero-order valence-electron chi connectivity index (χ0n) is 9.47. The van der Waals surface area contributed by atoms with Crippen LogP contribution in [0.15, 0.2) is 12.4 Å². The van der Waals surface area contributed by atoms with Crippen LogP contribution in [-0.2, 0) is 4.79 Å². The summed E-state index contributed by atoms with van der Waals surface area (Å²) < 4.78 is 13.1. The van der Waals surface area contributed by atoms with Gasteiger partial charge in [-0.05, 0) is 12.8 Å². The number of hydrogen-bond donors (Lipinski definition) is 1. The van der Waals surface area contributed by atoms with Crippen LogP contribution in [0.4, 0.5) is 10.2 Å². The number of nitrogens with two attached hydrogens (primary N) is 1. The molecule has 0 unspecified atom stereocenters. The quantitative estimate of drug-likeness (QED) is 0.789. The van der Waals surface area contributed by atoms with Crippen LogP contribution in [0, 0.1) is 5.95 Å². The molecule has 0 saturated heterocycles. The molecule has 0 radical (unpaired) electrons. The van der Waals surface area contributed by atoms with Crippen molar-refractivity contribution in [3.8, 4) is 0 Å². The van der Waals surface area contributed by atoms with E-state index in [0.717, 1.165) is 32.0 Å². The fourth-order valence-corrected chi connectivity index (χ4v) is 2.26. The van der Waals surface area contributed by atoms with E-state index in [4.69, 9.17) is 5.73 Å². The fourth-order valence-electron chi connectivity index (χ4n) is 2.26. The number of anilines is 1. The molecule has 2 N–H and O–H groups in total. The average Bonchev–Trinajstić information content (AvgIpc) is 2.79. The molecule has 0 bridgehead atoms. The van der Waals surface area contributed by atoms with E-state index in [9.17, 15) is 9.18 Å². The molecule has 5 nitrogen and oxygen atoms in total. The number of amides is 1. The first-order valence-electron chi connectivity index (χ1n) is 5.69. The Bertz CT molecular complexity index is 406. The van der Waals surface area contributed by atoms with Crippen LogP contribution in [0.2, 0.25) is 0 Å². The molecular formula is C11H15FN4O. The van der Waals surface area contributed by atoms with Crippen molar-refractivity contribution in [2.24, 2.45) is 5.73 Å². The van der Waals surface area contributed by atoms with E-state index < -0.39 is 11.9 Å². The molecule has 1 aliphatic carbocycles. The van der Waals surface area contributed by atoms with Gasteiger partial charge in [-0.25, -0.2) is 9.97 Å². The second kappa shape index (κ2) is 5.07. The predicted molar refractivity (Wildman–Crippen MR) is 60.8 cm³/mol. The third-order valence-corrected chi connectivity index (χ3v) is 3.01. The summed E-state index contributed by atoms with van der Waals surface area (Å²) in [5.74, 6) is -0.596. The SMILES string of the molecule is NC(=O)CN(c1cc(F)ncn1)C1CCCC1. The van der Waals surface area contributed by atoms with Gasteiger partial charge in [0.1, 0.15) is 12.1 Å². The van der Waals surface area contributed by atoms with Crippen LogP contribution in [0.5, 0.6) is 0 Å². The summed E-state index contributed by atoms with van der Waals surface area (Å²) in [5.41, 5.74) is 5.22. The minimum Gasteiger partial charge on any atom is -0.368 e. The number of carbonyl (C=O) groups excluding carboxylic acids is 1. The van der Waals surface area contributed by atoms with E-state index in [0.29, 0.717) is 5.82 Å². The van der Waals surface area contributed by atoms with Crippen LogP contribution in [0.3, 0.4) is 0 Å². The first kappa shape index (κ1) is 11.8. The van der Waals surface area contributed by atoms with Gasteiger partial charge in [0.05, 0.1) is 6.54 Å². The fraction of sp³-hybridized carbons (Fsp3) is 0.545. The summed E-state index contributed by atoms with van der Waals surface area (Å²) >= 11 is 0. The zero-order chi connectivity index (χ0) is 12.3. The van der Waals surface area contributed by atoms with Gasteiger partial charge >= 0.3 is 0 Å². The minimum atomic E-state index is -0.595. The molecule has 6 heteroatoms. The third kappa shape index (κ3) is 2.89. The number of primary amides is 1. The van der Waals surface area contributed by atoms with Gasteiger partial charge in [-0.1, -0.05) is 12.8 Å². The second-order valence-corrected chi connectivity index (χ2v) is 4.23. The molecule has 1 amide bonds. The lowest BCUT2D eigenvalue weighted by molar-refractivity contribution is -0.116. The normalized spacial score (nSPS) is 16.1. The Labute approximate surface area is 98.8 Å². The Morgan fingerprint density at radius 1 is 1.47 bits per heavy atom. The van der Waals surface area contributed by atoms with Gasteiger partial charge in [0.15, 0.2) is 0 Å². The van der Waals surface area contributed by atoms with Crippen molar-refractivity contribution in [1.29, 1.82) is 0 Å². The highest BCUT2D eigenvalue weighted by molar-refractivity contribution is 5.79. The maximum atomic E-state index is 13.1. The number of aromatic nitrogens is 2. The molecule has 0 aliphatic heterocycles. The van der Waals surface area contributed by atoms with E-state index in [1.807, 2.05) is 0 Å². The summed E-state index contributed by atoms with van der Waals surface area (Å²) in [7, 11) is 0. The molecule has 2 rings (SSSR count). The summed E-state index contributed by atoms with van der Waals surface area (Å²) in [4.78, 5) is 20.3. The Morgan fingerprint density at radius 2 is 2.18 bits per heavy atom. The van der Waals surface area contributed by atoms with Crippen molar-refractivity contribution in [1.82, 2.24) is 9.97 Å². The minimum absolute atomic E-state index is 0.0706. The highest BCUT2D eigenvalue weighted by Gasteiger charge is 2.25. The van der Waals surface area contributed by atoms with Gasteiger partial charge < -0.3 is 10.6 Å². The van der Waals surface area contributed by atoms with Crippen LogP contribution in [0.1, 0.15) is 25.7 Å². The van der Waals surface area contributed by atoms with Crippen molar-refractivity contribution in [3.63, 3.8) is 0 Å². The van der Waals surface area contributed by atoms with Gasteiger partial charge in [-0.3, -0.25) is 4.79 Å². The number of carbonyl (C=O) groups is 1.